The Morgan fingerprint density at radius 3 is 1.35 bits per heavy atom. The Hall–Kier alpha value is -5.02. The van der Waals surface area contributed by atoms with Crippen LogP contribution in [0.15, 0.2) is 72.8 Å². The van der Waals surface area contributed by atoms with Gasteiger partial charge in [0.05, 0.1) is 25.5 Å². The average Bonchev–Trinajstić information content (AvgIpc) is 3.55. The van der Waals surface area contributed by atoms with Gasteiger partial charge in [0.25, 0.3) is 5.91 Å². The van der Waals surface area contributed by atoms with Gasteiger partial charge in [-0.3, -0.25) is 21.5 Å². The van der Waals surface area contributed by atoms with Gasteiger partial charge < -0.3 is 20.0 Å². The van der Waals surface area contributed by atoms with Crippen LogP contribution in [0, 0.1) is 0 Å². The van der Waals surface area contributed by atoms with Crippen LogP contribution in [-0.4, -0.2) is 31.2 Å². The number of carboxylic acid groups (broad SMARTS) is 1. The highest BCUT2D eigenvalue weighted by Gasteiger charge is 2.19. The molecule has 4 aromatic carbocycles. The smallest absolute Gasteiger partial charge is 0.339 e. The first-order valence-corrected chi connectivity index (χ1v) is 19.5. The number of hydrogen-bond donors (Lipinski definition) is 5. The quantitative estimate of drug-likeness (QED) is 0.0716. The molecule has 9 heteroatoms. The highest BCUT2D eigenvalue weighted by atomic mass is 16.5. The van der Waals surface area contributed by atoms with E-state index in [9.17, 15) is 9.59 Å². The van der Waals surface area contributed by atoms with Crippen molar-refractivity contribution in [2.24, 2.45) is 5.84 Å². The second-order valence-corrected chi connectivity index (χ2v) is 16.4. The number of rotatable bonds is 7. The van der Waals surface area contributed by atoms with Crippen molar-refractivity contribution in [2.45, 2.75) is 117 Å². The lowest BCUT2D eigenvalue weighted by Crippen LogP contribution is -2.30. The number of aromatic carboxylic acids is 1. The van der Waals surface area contributed by atoms with Crippen LogP contribution in [0.25, 0.3) is 0 Å². The van der Waals surface area contributed by atoms with Crippen molar-refractivity contribution in [1.82, 2.24) is 5.43 Å². The summed E-state index contributed by atoms with van der Waals surface area (Å²) >= 11 is 0. The van der Waals surface area contributed by atoms with E-state index in [2.05, 4.69) is 82.1 Å². The fraction of sp³-hybridized carbons (Fsp3) is 0.435. The monoisotopic (exact) mass is 750 g/mol. The fourth-order valence-electron chi connectivity index (χ4n) is 6.88. The molecule has 0 unspecified atom stereocenters. The summed E-state index contributed by atoms with van der Waals surface area (Å²) in [5.41, 5.74) is 19.0. The molecule has 6 N–H and O–H groups in total. The Bertz CT molecular complexity index is 1870. The number of anilines is 2. The molecule has 0 atom stereocenters. The normalized spacial score (nSPS) is 13.8. The summed E-state index contributed by atoms with van der Waals surface area (Å²) in [6.45, 7) is 13.1. The number of aryl methyl sites for hydroxylation is 4. The van der Waals surface area contributed by atoms with E-state index in [-0.39, 0.29) is 22.3 Å². The van der Waals surface area contributed by atoms with E-state index in [0.717, 1.165) is 43.5 Å². The number of carboxylic acids is 1. The molecule has 0 heterocycles. The van der Waals surface area contributed by atoms with Gasteiger partial charge in [-0.05, 0) is 144 Å². The zero-order chi connectivity index (χ0) is 40.2. The molecule has 2 aliphatic rings. The third kappa shape index (κ3) is 12.2. The van der Waals surface area contributed by atoms with E-state index in [1.165, 1.54) is 72.6 Å². The molecule has 0 saturated carbocycles. The van der Waals surface area contributed by atoms with Crippen LogP contribution >= 0.6 is 0 Å². The summed E-state index contributed by atoms with van der Waals surface area (Å²) in [5, 5.41) is 9.09. The highest BCUT2D eigenvalue weighted by molar-refractivity contribution is 5.98. The maximum absolute atomic E-state index is 12.7. The van der Waals surface area contributed by atoms with Crippen LogP contribution in [0.1, 0.15) is 134 Å². The molecule has 0 fully saturated rings. The second kappa shape index (κ2) is 19.5. The Kier molecular flexibility index (Phi) is 15.2. The second-order valence-electron chi connectivity index (χ2n) is 16.4. The molecule has 2 aliphatic carbocycles. The van der Waals surface area contributed by atoms with Crippen molar-refractivity contribution in [3.05, 3.63) is 117 Å². The van der Waals surface area contributed by atoms with Gasteiger partial charge in [-0.15, -0.1) is 0 Å². The summed E-state index contributed by atoms with van der Waals surface area (Å²) < 4.78 is 10.6. The molecule has 296 valence electrons. The fourth-order valence-corrected chi connectivity index (χ4v) is 6.88. The molecule has 55 heavy (non-hydrogen) atoms. The standard InChI is InChI=1S/C23H30N2O2.C13H16O3.C10H16N2/c1-23(2,3)18-10-12-19(13-11-18)24-25-22(26)20-14-16-8-6-5-7-9-17(16)15-21(20)27-4;1-16-12-8-10-6-4-2-3-5-9(10)7-11(12)13(14)15;1-10(2,3)8-4-6-9(12-11)7-5-8/h10-15,24H,5-9H2,1-4H3,(H,25,26);7-8H,2-6H2,1H3,(H,14,15);4-7,12H,11H2,1-3H3. The van der Waals surface area contributed by atoms with Gasteiger partial charge in [0.15, 0.2) is 0 Å². The number of nitrogen functional groups attached to an aromatic ring is 1. The Labute approximate surface area is 328 Å². The maximum Gasteiger partial charge on any atom is 0.339 e. The molecule has 1 amide bonds. The molecular weight excluding hydrogens is 689 g/mol. The summed E-state index contributed by atoms with van der Waals surface area (Å²) in [6, 6.07) is 24.0. The first kappa shape index (κ1) is 42.7. The molecule has 0 radical (unpaired) electrons. The van der Waals surface area contributed by atoms with E-state index in [0.29, 0.717) is 17.1 Å². The van der Waals surface area contributed by atoms with Crippen LogP contribution in [0.2, 0.25) is 0 Å². The number of carbonyl (C=O) groups is 2. The van der Waals surface area contributed by atoms with Gasteiger partial charge in [0, 0.05) is 5.69 Å². The molecule has 9 nitrogen and oxygen atoms in total. The number of benzene rings is 4. The molecule has 0 bridgehead atoms. The molecular formula is C46H62N4O5. The van der Waals surface area contributed by atoms with Crippen molar-refractivity contribution < 1.29 is 24.2 Å². The summed E-state index contributed by atoms with van der Waals surface area (Å²) in [4.78, 5) is 23.8. The van der Waals surface area contributed by atoms with Gasteiger partial charge in [-0.1, -0.05) is 78.6 Å². The number of amides is 1. The summed E-state index contributed by atoms with van der Waals surface area (Å²) in [5.74, 6) is 5.28. The maximum atomic E-state index is 12.7. The Morgan fingerprint density at radius 1 is 0.582 bits per heavy atom. The number of nitrogens with one attached hydrogen (secondary N) is 3. The number of methoxy groups -OCH3 is 2. The van der Waals surface area contributed by atoms with E-state index >= 15 is 0 Å². The topological polar surface area (TPSA) is 135 Å². The average molecular weight is 751 g/mol. The molecule has 4 aromatic rings. The largest absolute Gasteiger partial charge is 0.496 e. The van der Waals surface area contributed by atoms with Gasteiger partial charge in [-0.2, -0.15) is 0 Å². The lowest BCUT2D eigenvalue weighted by Gasteiger charge is -2.19. The van der Waals surface area contributed by atoms with Crippen molar-refractivity contribution in [2.75, 3.05) is 25.1 Å². The number of hydrazine groups is 2. The van der Waals surface area contributed by atoms with Gasteiger partial charge >= 0.3 is 5.97 Å². The third-order valence-corrected chi connectivity index (χ3v) is 10.3. The van der Waals surface area contributed by atoms with Crippen LogP contribution in [0.4, 0.5) is 11.4 Å². The first-order valence-electron chi connectivity index (χ1n) is 19.5. The first-order chi connectivity index (χ1) is 26.1. The van der Waals surface area contributed by atoms with E-state index in [4.69, 9.17) is 20.4 Å². The van der Waals surface area contributed by atoms with Crippen molar-refractivity contribution in [3.8, 4) is 11.5 Å². The summed E-state index contributed by atoms with van der Waals surface area (Å²) in [6.07, 6.45) is 11.3. The Balaban J connectivity index is 0.000000203. The molecule has 0 saturated heterocycles. The number of fused-ring (bicyclic) bond motifs is 2. The zero-order valence-electron chi connectivity index (χ0n) is 34.2. The van der Waals surface area contributed by atoms with E-state index in [1.807, 2.05) is 42.5 Å². The minimum Gasteiger partial charge on any atom is -0.496 e. The van der Waals surface area contributed by atoms with Crippen molar-refractivity contribution in [1.29, 1.82) is 0 Å². The number of ether oxygens (including phenoxy) is 2. The predicted octanol–water partition coefficient (Wildman–Crippen LogP) is 9.95. The van der Waals surface area contributed by atoms with Crippen LogP contribution in [-0.2, 0) is 36.5 Å². The van der Waals surface area contributed by atoms with Gasteiger partial charge in [0.1, 0.15) is 17.1 Å². The molecule has 6 rings (SSSR count). The zero-order valence-corrected chi connectivity index (χ0v) is 34.2. The highest BCUT2D eigenvalue weighted by Crippen LogP contribution is 2.30. The molecule has 0 aromatic heterocycles. The van der Waals surface area contributed by atoms with Gasteiger partial charge in [0.2, 0.25) is 0 Å². The van der Waals surface area contributed by atoms with Gasteiger partial charge in [-0.25, -0.2) is 4.79 Å². The minimum atomic E-state index is -0.913. The summed E-state index contributed by atoms with van der Waals surface area (Å²) in [7, 11) is 3.14. The SMILES string of the molecule is CC(C)(C)c1ccc(NN)cc1.COc1cc2c(cc1C(=O)NNc1ccc(C(C)(C)C)cc1)CCCCC2.COc1cc2c(cc1C(=O)O)CCCCC2. The van der Waals surface area contributed by atoms with E-state index < -0.39 is 5.97 Å². The Morgan fingerprint density at radius 2 is 0.964 bits per heavy atom. The third-order valence-electron chi connectivity index (χ3n) is 10.3. The van der Waals surface area contributed by atoms with Crippen molar-refractivity contribution in [3.63, 3.8) is 0 Å². The van der Waals surface area contributed by atoms with Crippen LogP contribution < -0.4 is 31.6 Å². The minimum absolute atomic E-state index is 0.108. The number of hydrogen-bond acceptors (Lipinski definition) is 7. The lowest BCUT2D eigenvalue weighted by molar-refractivity contribution is 0.0692. The van der Waals surface area contributed by atoms with Crippen LogP contribution in [0.5, 0.6) is 11.5 Å². The number of carbonyl (C=O) groups excluding carboxylic acids is 1. The predicted molar refractivity (Wildman–Crippen MR) is 225 cm³/mol. The molecule has 0 spiro atoms. The molecule has 0 aliphatic heterocycles. The number of nitrogens with two attached hydrogens (primary N) is 1. The van der Waals surface area contributed by atoms with E-state index in [1.54, 1.807) is 13.2 Å². The van der Waals surface area contributed by atoms with Crippen LogP contribution in [0.3, 0.4) is 0 Å². The van der Waals surface area contributed by atoms with Crippen molar-refractivity contribution >= 4 is 23.3 Å². The lowest BCUT2D eigenvalue weighted by atomic mass is 9.87.